The van der Waals surface area contributed by atoms with E-state index in [0.29, 0.717) is 63.0 Å². The standard InChI is InChI=1S/C28H37N7O4S/c1-40(38,39)33-8-6-32(7-9-33)22-17-29-26(30-18-22)34-10-11-35(24-5-3-2-4-23(24)34)27(36)31-25-20-12-19-13-21(25)16-28(37,14-19)15-20/h2-5,17-21,25,37H,6-16H2,1H3,(H,31,36)/t19?,20-,21+,25?,28?. The molecule has 0 spiro atoms. The molecule has 5 fully saturated rings. The van der Waals surface area contributed by atoms with Crippen LogP contribution in [-0.2, 0) is 10.0 Å². The Balaban J connectivity index is 1.05. The van der Waals surface area contributed by atoms with Crippen LogP contribution in [0, 0.1) is 17.8 Å². The summed E-state index contributed by atoms with van der Waals surface area (Å²) in [6.07, 6.45) is 9.57. The SMILES string of the molecule is CS(=O)(=O)N1CCN(c2cnc(N3CCN(C(=O)NC4[C@@H]5CC6C[C@H]4CC(O)(C6)C5)c4ccccc43)nc2)CC1. The van der Waals surface area contributed by atoms with Crippen molar-refractivity contribution in [2.75, 3.05) is 60.2 Å². The van der Waals surface area contributed by atoms with Crippen LogP contribution in [0.15, 0.2) is 36.7 Å². The van der Waals surface area contributed by atoms with Gasteiger partial charge in [-0.05, 0) is 62.0 Å². The Labute approximate surface area is 235 Å². The zero-order valence-electron chi connectivity index (χ0n) is 22.8. The number of para-hydroxylation sites is 2. The molecule has 40 heavy (non-hydrogen) atoms. The number of hydrogen-bond donors (Lipinski definition) is 2. The zero-order valence-corrected chi connectivity index (χ0v) is 23.6. The summed E-state index contributed by atoms with van der Waals surface area (Å²) in [5, 5.41) is 14.3. The minimum absolute atomic E-state index is 0.0685. The van der Waals surface area contributed by atoms with Gasteiger partial charge >= 0.3 is 6.03 Å². The monoisotopic (exact) mass is 567 g/mol. The molecule has 6 aliphatic rings. The fourth-order valence-corrected chi connectivity index (χ4v) is 8.94. The zero-order chi connectivity index (χ0) is 27.6. The molecule has 0 radical (unpaired) electrons. The van der Waals surface area contributed by atoms with Gasteiger partial charge in [0.25, 0.3) is 0 Å². The number of sulfonamides is 1. The first-order valence-corrected chi connectivity index (χ1v) is 16.2. The van der Waals surface area contributed by atoms with Gasteiger partial charge in [0.1, 0.15) is 0 Å². The maximum absolute atomic E-state index is 13.6. The van der Waals surface area contributed by atoms with E-state index < -0.39 is 15.6 Å². The highest BCUT2D eigenvalue weighted by molar-refractivity contribution is 7.88. The summed E-state index contributed by atoms with van der Waals surface area (Å²) in [6.45, 7) is 3.15. The molecule has 4 aliphatic carbocycles. The van der Waals surface area contributed by atoms with E-state index in [1.807, 2.05) is 34.1 Å². The van der Waals surface area contributed by atoms with Crippen LogP contribution in [0.4, 0.5) is 27.8 Å². The van der Waals surface area contributed by atoms with Crippen LogP contribution < -0.4 is 20.0 Å². The largest absolute Gasteiger partial charge is 0.390 e. The van der Waals surface area contributed by atoms with Crippen LogP contribution in [0.25, 0.3) is 0 Å². The molecule has 214 valence electrons. The summed E-state index contributed by atoms with van der Waals surface area (Å²) >= 11 is 0. The van der Waals surface area contributed by atoms with E-state index in [1.165, 1.54) is 10.6 Å². The number of carbonyl (C=O) groups is 1. The molecule has 2 aromatic rings. The highest BCUT2D eigenvalue weighted by Gasteiger charge is 2.55. The molecular weight excluding hydrogens is 530 g/mol. The van der Waals surface area contributed by atoms with Crippen molar-refractivity contribution >= 4 is 39.1 Å². The number of nitrogens with zero attached hydrogens (tertiary/aromatic N) is 6. The van der Waals surface area contributed by atoms with E-state index in [4.69, 9.17) is 0 Å². The molecule has 5 atom stereocenters. The Hall–Kier alpha value is -2.96. The molecule has 8 rings (SSSR count). The summed E-state index contributed by atoms with van der Waals surface area (Å²) < 4.78 is 25.1. The third kappa shape index (κ3) is 4.59. The summed E-state index contributed by atoms with van der Waals surface area (Å²) in [5.74, 6) is 1.89. The van der Waals surface area contributed by atoms with Gasteiger partial charge in [-0.2, -0.15) is 4.31 Å². The van der Waals surface area contributed by atoms with E-state index in [1.54, 1.807) is 12.4 Å². The first-order valence-electron chi connectivity index (χ1n) is 14.4. The Bertz CT molecular complexity index is 1380. The molecule has 1 saturated heterocycles. The Kier molecular flexibility index (Phi) is 6.21. The van der Waals surface area contributed by atoms with Crippen molar-refractivity contribution in [1.29, 1.82) is 0 Å². The number of benzene rings is 1. The van der Waals surface area contributed by atoms with Crippen molar-refractivity contribution in [2.45, 2.75) is 43.7 Å². The first-order chi connectivity index (χ1) is 19.2. The van der Waals surface area contributed by atoms with E-state index in [2.05, 4.69) is 20.2 Å². The first kappa shape index (κ1) is 26.0. The second-order valence-corrected chi connectivity index (χ2v) is 14.3. The van der Waals surface area contributed by atoms with Crippen LogP contribution in [0.3, 0.4) is 0 Å². The van der Waals surface area contributed by atoms with Gasteiger partial charge in [-0.1, -0.05) is 12.1 Å². The predicted molar refractivity (Wildman–Crippen MR) is 152 cm³/mol. The molecule has 2 aliphatic heterocycles. The number of carbonyl (C=O) groups excluding carboxylic acids is 1. The molecule has 12 heteroatoms. The molecule has 11 nitrogen and oxygen atoms in total. The van der Waals surface area contributed by atoms with E-state index in [-0.39, 0.29) is 12.1 Å². The fraction of sp³-hybridized carbons (Fsp3) is 0.607. The van der Waals surface area contributed by atoms with Gasteiger partial charge in [0, 0.05) is 45.3 Å². The minimum Gasteiger partial charge on any atom is -0.390 e. The maximum atomic E-state index is 13.6. The second-order valence-electron chi connectivity index (χ2n) is 12.4. The predicted octanol–water partition coefficient (Wildman–Crippen LogP) is 2.17. The molecule has 2 N–H and O–H groups in total. The number of fused-ring (bicyclic) bond motifs is 1. The molecule has 3 heterocycles. The minimum atomic E-state index is -3.18. The van der Waals surface area contributed by atoms with Gasteiger partial charge in [0.05, 0.1) is 41.3 Å². The van der Waals surface area contributed by atoms with Crippen molar-refractivity contribution in [3.05, 3.63) is 36.7 Å². The number of rotatable bonds is 4. The van der Waals surface area contributed by atoms with Gasteiger partial charge in [-0.15, -0.1) is 0 Å². The van der Waals surface area contributed by atoms with Gasteiger partial charge in [-0.25, -0.2) is 23.2 Å². The van der Waals surface area contributed by atoms with Gasteiger partial charge < -0.3 is 20.2 Å². The average Bonchev–Trinajstić information content (AvgIpc) is 2.93. The van der Waals surface area contributed by atoms with Gasteiger partial charge in [0.15, 0.2) is 0 Å². The van der Waals surface area contributed by atoms with Crippen molar-refractivity contribution in [2.24, 2.45) is 17.8 Å². The summed E-state index contributed by atoms with van der Waals surface area (Å²) in [7, 11) is -3.18. The molecule has 1 aromatic carbocycles. The van der Waals surface area contributed by atoms with Crippen molar-refractivity contribution in [1.82, 2.24) is 19.6 Å². The van der Waals surface area contributed by atoms with Crippen LogP contribution >= 0.6 is 0 Å². The fourth-order valence-electron chi connectivity index (χ4n) is 8.11. The number of urea groups is 1. The number of aliphatic hydroxyl groups is 1. The molecule has 4 saturated carbocycles. The van der Waals surface area contributed by atoms with E-state index in [0.717, 1.165) is 49.2 Å². The van der Waals surface area contributed by atoms with E-state index in [9.17, 15) is 18.3 Å². The third-order valence-corrected chi connectivity index (χ3v) is 11.0. The van der Waals surface area contributed by atoms with Crippen molar-refractivity contribution < 1.29 is 18.3 Å². The second kappa shape index (κ2) is 9.56. The lowest BCUT2D eigenvalue weighted by molar-refractivity contribution is -0.136. The smallest absolute Gasteiger partial charge is 0.322 e. The van der Waals surface area contributed by atoms with E-state index >= 15 is 0 Å². The number of amides is 2. The molecule has 3 unspecified atom stereocenters. The Morgan fingerprint density at radius 1 is 0.950 bits per heavy atom. The van der Waals surface area contributed by atoms with Crippen molar-refractivity contribution in [3.63, 3.8) is 0 Å². The van der Waals surface area contributed by atoms with Crippen LogP contribution in [0.2, 0.25) is 0 Å². The van der Waals surface area contributed by atoms with Gasteiger partial charge in [-0.3, -0.25) is 4.90 Å². The molecular formula is C28H37N7O4S. The number of hydrogen-bond acceptors (Lipinski definition) is 8. The summed E-state index contributed by atoms with van der Waals surface area (Å²) in [5.41, 5.74) is 2.07. The molecule has 2 amide bonds. The highest BCUT2D eigenvalue weighted by atomic mass is 32.2. The lowest BCUT2D eigenvalue weighted by atomic mass is 9.52. The maximum Gasteiger partial charge on any atom is 0.322 e. The average molecular weight is 568 g/mol. The quantitative estimate of drug-likeness (QED) is 0.577. The lowest BCUT2D eigenvalue weighted by Gasteiger charge is -2.58. The van der Waals surface area contributed by atoms with Gasteiger partial charge in [0.2, 0.25) is 16.0 Å². The van der Waals surface area contributed by atoms with Crippen molar-refractivity contribution in [3.8, 4) is 0 Å². The normalized spacial score (nSPS) is 31.8. The highest BCUT2D eigenvalue weighted by Crippen LogP contribution is 2.55. The number of aromatic nitrogens is 2. The number of nitrogens with one attached hydrogen (secondary N) is 1. The van der Waals surface area contributed by atoms with Crippen LogP contribution in [-0.4, -0.2) is 91.0 Å². The molecule has 1 aromatic heterocycles. The topological polar surface area (TPSA) is 122 Å². The number of anilines is 4. The van der Waals surface area contributed by atoms with Crippen LogP contribution in [0.5, 0.6) is 0 Å². The molecule has 4 bridgehead atoms. The van der Waals surface area contributed by atoms with Crippen LogP contribution in [0.1, 0.15) is 32.1 Å². The summed E-state index contributed by atoms with van der Waals surface area (Å²) in [4.78, 5) is 28.9. The Morgan fingerprint density at radius 2 is 1.60 bits per heavy atom. The third-order valence-electron chi connectivity index (χ3n) is 9.73. The lowest BCUT2D eigenvalue weighted by Crippen LogP contribution is -2.63. The Morgan fingerprint density at radius 3 is 2.23 bits per heavy atom. The number of piperazine rings is 1. The summed E-state index contributed by atoms with van der Waals surface area (Å²) in [6, 6.07) is 7.93.